The SMILES string of the molecule is CCCOc1ccc(C(OC(=O)C(O)C(O)C(=O)OC(C(=O)N(Cc2ccc(F)cc2)C2CCN(CCC3OCCO3)CC2)c2ccc(OCCC)cc2)C(=O)N(Cc2ccc(F)cc2)C2CCN(CCC3OCCO3)CC2)cc1. The molecule has 434 valence electrons. The molecule has 4 atom stereocenters. The number of likely N-dealkylation sites (tertiary alicyclic amines) is 2. The minimum Gasteiger partial charge on any atom is -0.494 e. The number of piperidine rings is 2. The van der Waals surface area contributed by atoms with Crippen LogP contribution in [0.2, 0.25) is 0 Å². The average molecular weight is 1120 g/mol. The summed E-state index contributed by atoms with van der Waals surface area (Å²) in [6, 6.07) is 23.4. The van der Waals surface area contributed by atoms with Gasteiger partial charge in [0.2, 0.25) is 12.2 Å². The van der Waals surface area contributed by atoms with E-state index in [0.717, 1.165) is 25.9 Å². The number of benzene rings is 4. The molecule has 4 aliphatic rings. The zero-order chi connectivity index (χ0) is 56.4. The Morgan fingerprint density at radius 3 is 1.20 bits per heavy atom. The number of ether oxygens (including phenoxy) is 8. The first-order chi connectivity index (χ1) is 38.8. The van der Waals surface area contributed by atoms with E-state index in [1.165, 1.54) is 24.3 Å². The third-order valence-electron chi connectivity index (χ3n) is 14.8. The lowest BCUT2D eigenvalue weighted by Crippen LogP contribution is -2.50. The van der Waals surface area contributed by atoms with Gasteiger partial charge in [-0.05, 0) is 98.2 Å². The molecule has 0 spiro atoms. The number of carbonyl (C=O) groups excluding carboxylic acids is 4. The fourth-order valence-corrected chi connectivity index (χ4v) is 10.4. The van der Waals surface area contributed by atoms with Crippen molar-refractivity contribution in [2.75, 3.05) is 78.9 Å². The molecule has 2 amide bonds. The highest BCUT2D eigenvalue weighted by molar-refractivity contribution is 5.91. The van der Waals surface area contributed by atoms with Crippen LogP contribution >= 0.6 is 0 Å². The smallest absolute Gasteiger partial charge is 0.339 e. The fraction of sp³-hybridized carbons (Fsp3) is 0.533. The summed E-state index contributed by atoms with van der Waals surface area (Å²) in [7, 11) is 0. The number of nitrogens with zero attached hydrogens (tertiary/aromatic N) is 4. The van der Waals surface area contributed by atoms with Crippen LogP contribution in [-0.2, 0) is 60.7 Å². The Bertz CT molecular complexity index is 2380. The van der Waals surface area contributed by atoms with Crippen molar-refractivity contribution in [3.05, 3.63) is 131 Å². The molecule has 4 fully saturated rings. The Labute approximate surface area is 466 Å². The summed E-state index contributed by atoms with van der Waals surface area (Å²) in [5.41, 5.74) is 1.63. The second kappa shape index (κ2) is 30.1. The van der Waals surface area contributed by atoms with Crippen LogP contribution in [0.15, 0.2) is 97.1 Å². The number of hydrogen-bond acceptors (Lipinski definition) is 16. The van der Waals surface area contributed by atoms with E-state index in [9.17, 15) is 28.6 Å². The van der Waals surface area contributed by atoms with E-state index in [0.29, 0.717) is 127 Å². The van der Waals surface area contributed by atoms with Gasteiger partial charge in [-0.15, -0.1) is 0 Å². The molecule has 0 aliphatic carbocycles. The van der Waals surface area contributed by atoms with Crippen molar-refractivity contribution in [3.8, 4) is 11.5 Å². The molecule has 8 rings (SSSR count). The summed E-state index contributed by atoms with van der Waals surface area (Å²) < 4.78 is 74.4. The number of carbonyl (C=O) groups is 4. The number of aliphatic hydroxyl groups is 2. The van der Waals surface area contributed by atoms with Crippen LogP contribution in [0.1, 0.15) is 99.7 Å². The molecule has 18 nitrogen and oxygen atoms in total. The molecule has 20 heteroatoms. The van der Waals surface area contributed by atoms with Gasteiger partial charge in [-0.1, -0.05) is 62.4 Å². The van der Waals surface area contributed by atoms with Gasteiger partial charge >= 0.3 is 11.9 Å². The van der Waals surface area contributed by atoms with Crippen LogP contribution in [0.4, 0.5) is 8.78 Å². The number of halogens is 2. The molecule has 4 aromatic carbocycles. The minimum atomic E-state index is -2.60. The zero-order valence-corrected chi connectivity index (χ0v) is 45.8. The molecule has 0 saturated carbocycles. The van der Waals surface area contributed by atoms with Crippen LogP contribution in [0.3, 0.4) is 0 Å². The predicted molar refractivity (Wildman–Crippen MR) is 288 cm³/mol. The summed E-state index contributed by atoms with van der Waals surface area (Å²) in [5, 5.41) is 23.2. The first-order valence-electron chi connectivity index (χ1n) is 28.1. The maximum absolute atomic E-state index is 15.2. The van der Waals surface area contributed by atoms with Crippen molar-refractivity contribution in [1.82, 2.24) is 19.6 Å². The minimum absolute atomic E-state index is 0.0144. The van der Waals surface area contributed by atoms with Crippen molar-refractivity contribution in [3.63, 3.8) is 0 Å². The van der Waals surface area contributed by atoms with Gasteiger partial charge in [0.15, 0.2) is 24.8 Å². The van der Waals surface area contributed by atoms with Crippen LogP contribution < -0.4 is 9.47 Å². The number of amides is 2. The normalized spacial score (nSPS) is 18.5. The second-order valence-electron chi connectivity index (χ2n) is 20.6. The van der Waals surface area contributed by atoms with Gasteiger partial charge in [-0.2, -0.15) is 0 Å². The lowest BCUT2D eigenvalue weighted by atomic mass is 9.99. The van der Waals surface area contributed by atoms with E-state index in [1.807, 2.05) is 13.8 Å². The molecule has 4 aromatic rings. The first-order valence-corrected chi connectivity index (χ1v) is 28.1. The standard InChI is InChI=1S/C60H76F2N4O14/c1-3-33-73-49-17-9-43(10-18-49)55(57(69)65(39-41-5-13-45(61)14-6-41)47-21-27-63(28-22-47)31-25-51-75-35-36-76-51)79-59(71)53(67)54(68)60(72)80-56(44-11-19-50(20-12-44)74-34-4-2)58(70)66(40-42-7-15-46(62)16-8-42)48-23-29-64(30-24-48)32-26-52-77-37-38-78-52/h5-20,47-48,51-56,67-68H,3-4,21-40H2,1-2H3. The van der Waals surface area contributed by atoms with Gasteiger partial charge in [0.25, 0.3) is 11.8 Å². The van der Waals surface area contributed by atoms with E-state index < -0.39 is 59.8 Å². The largest absolute Gasteiger partial charge is 0.494 e. The molecule has 4 saturated heterocycles. The van der Waals surface area contributed by atoms with Gasteiger partial charge in [-0.3, -0.25) is 9.59 Å². The maximum Gasteiger partial charge on any atom is 0.339 e. The second-order valence-corrected chi connectivity index (χ2v) is 20.6. The van der Waals surface area contributed by atoms with E-state index >= 15 is 9.59 Å². The quantitative estimate of drug-likeness (QED) is 0.0603. The highest BCUT2D eigenvalue weighted by Gasteiger charge is 2.42. The van der Waals surface area contributed by atoms with E-state index in [2.05, 4.69) is 9.80 Å². The predicted octanol–water partition coefficient (Wildman–Crippen LogP) is 6.65. The topological polar surface area (TPSA) is 196 Å². The van der Waals surface area contributed by atoms with Crippen molar-refractivity contribution in [1.29, 1.82) is 0 Å². The molecule has 4 unspecified atom stereocenters. The molecule has 4 heterocycles. The van der Waals surface area contributed by atoms with E-state index in [1.54, 1.807) is 82.6 Å². The first kappa shape index (κ1) is 60.0. The molecule has 80 heavy (non-hydrogen) atoms. The highest BCUT2D eigenvalue weighted by Crippen LogP contribution is 2.32. The average Bonchev–Trinajstić information content (AvgIpc) is 4.26. The maximum atomic E-state index is 15.2. The van der Waals surface area contributed by atoms with Crippen LogP contribution in [0.25, 0.3) is 0 Å². The Balaban J connectivity index is 1.03. The Morgan fingerprint density at radius 2 is 0.875 bits per heavy atom. The summed E-state index contributed by atoms with van der Waals surface area (Å²) in [6.45, 7) is 10.9. The van der Waals surface area contributed by atoms with Crippen LogP contribution in [0, 0.1) is 11.6 Å². The van der Waals surface area contributed by atoms with Gasteiger partial charge in [-0.25, -0.2) is 18.4 Å². The Morgan fingerprint density at radius 1 is 0.537 bits per heavy atom. The van der Waals surface area contributed by atoms with Gasteiger partial charge < -0.3 is 67.7 Å². The summed E-state index contributed by atoms with van der Waals surface area (Å²) in [5.74, 6) is -4.32. The zero-order valence-electron chi connectivity index (χ0n) is 45.8. The number of esters is 2. The number of rotatable bonds is 27. The molecule has 0 radical (unpaired) electrons. The van der Waals surface area contributed by atoms with Crippen LogP contribution in [0.5, 0.6) is 11.5 Å². The molecule has 4 aliphatic heterocycles. The third kappa shape index (κ3) is 17.0. The molecule has 0 bridgehead atoms. The van der Waals surface area contributed by atoms with Gasteiger partial charge in [0, 0.05) is 88.4 Å². The van der Waals surface area contributed by atoms with Crippen molar-refractivity contribution < 1.29 is 76.1 Å². The fourth-order valence-electron chi connectivity index (χ4n) is 10.4. The summed E-state index contributed by atoms with van der Waals surface area (Å²) in [4.78, 5) is 66.6. The summed E-state index contributed by atoms with van der Waals surface area (Å²) in [6.07, 6.45) is -4.18. The monoisotopic (exact) mass is 1110 g/mol. The van der Waals surface area contributed by atoms with Gasteiger partial charge in [0.05, 0.1) is 39.6 Å². The third-order valence-corrected chi connectivity index (χ3v) is 14.8. The lowest BCUT2D eigenvalue weighted by molar-refractivity contribution is -0.184. The molecule has 2 N–H and O–H groups in total. The van der Waals surface area contributed by atoms with Gasteiger partial charge in [0.1, 0.15) is 23.1 Å². The lowest BCUT2D eigenvalue weighted by Gasteiger charge is -2.40. The van der Waals surface area contributed by atoms with Crippen molar-refractivity contribution in [2.45, 2.75) is 127 Å². The molecular formula is C60H76F2N4O14. The Hall–Kier alpha value is -6.10. The van der Waals surface area contributed by atoms with E-state index in [4.69, 9.17) is 37.9 Å². The number of hydrogen-bond donors (Lipinski definition) is 2. The van der Waals surface area contributed by atoms with Crippen molar-refractivity contribution in [2.24, 2.45) is 0 Å². The molecule has 0 aromatic heterocycles. The molecular weight excluding hydrogens is 1040 g/mol. The van der Waals surface area contributed by atoms with E-state index in [-0.39, 0.29) is 48.9 Å². The van der Waals surface area contributed by atoms with Crippen LogP contribution in [-0.4, -0.2) is 169 Å². The highest BCUT2D eigenvalue weighted by atomic mass is 19.1. The Kier molecular flexibility index (Phi) is 22.6. The summed E-state index contributed by atoms with van der Waals surface area (Å²) >= 11 is 0. The number of aliphatic hydroxyl groups excluding tert-OH is 2. The van der Waals surface area contributed by atoms with Crippen molar-refractivity contribution >= 4 is 23.8 Å².